The first kappa shape index (κ1) is 16.0. The summed E-state index contributed by atoms with van der Waals surface area (Å²) in [5, 5.41) is 8.14. The van der Waals surface area contributed by atoms with Gasteiger partial charge in [0, 0.05) is 24.0 Å². The Bertz CT molecular complexity index is 494. The van der Waals surface area contributed by atoms with Gasteiger partial charge in [0.2, 0.25) is 11.8 Å². The normalized spacial score (nSPS) is 17.5. The monoisotopic (exact) mass is 309 g/mol. The van der Waals surface area contributed by atoms with Crippen LogP contribution in [-0.2, 0) is 9.59 Å². The Morgan fingerprint density at radius 1 is 1.52 bits per heavy atom. The maximum Gasteiger partial charge on any atom is 0.239 e. The minimum Gasteiger partial charge on any atom is -0.353 e. The molecule has 2 heterocycles. The molecule has 2 N–H and O–H groups in total. The minimum atomic E-state index is -0.0831. The molecule has 1 aromatic rings. The number of rotatable bonds is 4. The molecule has 1 aliphatic rings. The van der Waals surface area contributed by atoms with Gasteiger partial charge in [-0.2, -0.15) is 0 Å². The fraction of sp³-hybridized carbons (Fsp3) is 0.600. The van der Waals surface area contributed by atoms with Crippen molar-refractivity contribution in [1.29, 1.82) is 0 Å². The lowest BCUT2D eigenvalue weighted by molar-refractivity contribution is -0.137. The fourth-order valence-corrected chi connectivity index (χ4v) is 3.49. The summed E-state index contributed by atoms with van der Waals surface area (Å²) in [5.41, 5.74) is 0.0183. The third-order valence-corrected chi connectivity index (χ3v) is 4.48. The Morgan fingerprint density at radius 2 is 2.29 bits per heavy atom. The zero-order valence-corrected chi connectivity index (χ0v) is 13.6. The van der Waals surface area contributed by atoms with E-state index in [9.17, 15) is 9.59 Å². The van der Waals surface area contributed by atoms with Gasteiger partial charge in [0.05, 0.1) is 13.1 Å². The van der Waals surface area contributed by atoms with Gasteiger partial charge in [0.1, 0.15) is 0 Å². The Kier molecular flexibility index (Phi) is 5.00. The second kappa shape index (κ2) is 6.58. The van der Waals surface area contributed by atoms with E-state index in [1.165, 1.54) is 4.88 Å². The number of carbonyl (C=O) groups is 2. The van der Waals surface area contributed by atoms with Gasteiger partial charge >= 0.3 is 0 Å². The number of nitrogens with one attached hydrogen (secondary N) is 2. The molecule has 2 rings (SSSR count). The molecule has 1 atom stereocenters. The van der Waals surface area contributed by atoms with Crippen molar-refractivity contribution in [3.63, 3.8) is 0 Å². The van der Waals surface area contributed by atoms with Crippen molar-refractivity contribution in [2.45, 2.75) is 26.8 Å². The van der Waals surface area contributed by atoms with Crippen molar-refractivity contribution in [2.24, 2.45) is 5.41 Å². The molecule has 0 radical (unpaired) electrons. The van der Waals surface area contributed by atoms with E-state index in [0.717, 1.165) is 0 Å². The summed E-state index contributed by atoms with van der Waals surface area (Å²) < 4.78 is 0. The molecule has 1 saturated heterocycles. The van der Waals surface area contributed by atoms with Gasteiger partial charge in [0.15, 0.2) is 0 Å². The lowest BCUT2D eigenvalue weighted by Crippen LogP contribution is -2.52. The zero-order valence-electron chi connectivity index (χ0n) is 12.8. The van der Waals surface area contributed by atoms with Gasteiger partial charge in [-0.15, -0.1) is 11.3 Å². The molecule has 116 valence electrons. The van der Waals surface area contributed by atoms with Crippen LogP contribution in [0, 0.1) is 5.41 Å². The van der Waals surface area contributed by atoms with E-state index in [1.54, 1.807) is 16.2 Å². The maximum absolute atomic E-state index is 12.2. The Hall–Kier alpha value is -1.40. The van der Waals surface area contributed by atoms with E-state index in [1.807, 2.05) is 11.4 Å². The lowest BCUT2D eigenvalue weighted by Gasteiger charge is -2.32. The number of piperazine rings is 1. The van der Waals surface area contributed by atoms with Crippen LogP contribution in [0.2, 0.25) is 0 Å². The van der Waals surface area contributed by atoms with E-state index >= 15 is 0 Å². The predicted molar refractivity (Wildman–Crippen MR) is 84.1 cm³/mol. The second-order valence-electron chi connectivity index (χ2n) is 6.36. The van der Waals surface area contributed by atoms with Crippen LogP contribution in [0.4, 0.5) is 0 Å². The van der Waals surface area contributed by atoms with Gasteiger partial charge in [-0.3, -0.25) is 9.59 Å². The third-order valence-electron chi connectivity index (χ3n) is 3.54. The van der Waals surface area contributed by atoms with Crippen LogP contribution in [0.1, 0.15) is 31.7 Å². The van der Waals surface area contributed by atoms with Crippen LogP contribution in [0.15, 0.2) is 17.5 Å². The molecule has 21 heavy (non-hydrogen) atoms. The average Bonchev–Trinajstić information content (AvgIpc) is 2.91. The molecule has 2 amide bonds. The van der Waals surface area contributed by atoms with Crippen molar-refractivity contribution in [1.82, 2.24) is 15.5 Å². The first-order chi connectivity index (χ1) is 9.88. The molecular formula is C15H23N3O2S. The molecule has 0 bridgehead atoms. The summed E-state index contributed by atoms with van der Waals surface area (Å²) >= 11 is 1.69. The van der Waals surface area contributed by atoms with Crippen LogP contribution in [0.5, 0.6) is 0 Å². The number of hydrogen-bond acceptors (Lipinski definition) is 4. The molecule has 1 aromatic heterocycles. The molecule has 0 aromatic carbocycles. The van der Waals surface area contributed by atoms with Gasteiger partial charge in [-0.1, -0.05) is 26.8 Å². The highest BCUT2D eigenvalue weighted by Gasteiger charge is 2.28. The smallest absolute Gasteiger partial charge is 0.239 e. The average molecular weight is 309 g/mol. The zero-order chi connectivity index (χ0) is 15.5. The quantitative estimate of drug-likeness (QED) is 0.883. The summed E-state index contributed by atoms with van der Waals surface area (Å²) in [6, 6.07) is 4.24. The molecule has 0 spiro atoms. The van der Waals surface area contributed by atoms with E-state index in [0.29, 0.717) is 13.1 Å². The highest BCUT2D eigenvalue weighted by Crippen LogP contribution is 2.34. The van der Waals surface area contributed by atoms with E-state index in [-0.39, 0.29) is 36.4 Å². The van der Waals surface area contributed by atoms with Crippen molar-refractivity contribution in [2.75, 3.05) is 26.2 Å². The summed E-state index contributed by atoms with van der Waals surface area (Å²) in [4.78, 5) is 26.4. The molecule has 1 aliphatic heterocycles. The summed E-state index contributed by atoms with van der Waals surface area (Å²) in [6.45, 7) is 8.02. The maximum atomic E-state index is 12.2. The number of hydrogen-bond donors (Lipinski definition) is 2. The molecule has 0 aliphatic carbocycles. The first-order valence-corrected chi connectivity index (χ1v) is 8.07. The fourth-order valence-electron chi connectivity index (χ4n) is 2.44. The van der Waals surface area contributed by atoms with Crippen molar-refractivity contribution < 1.29 is 9.59 Å². The molecule has 1 fully saturated rings. The van der Waals surface area contributed by atoms with Gasteiger partial charge < -0.3 is 15.5 Å². The third kappa shape index (κ3) is 4.28. The Labute approximate surface area is 129 Å². The first-order valence-electron chi connectivity index (χ1n) is 7.19. The van der Waals surface area contributed by atoms with Gasteiger partial charge in [0.25, 0.3) is 0 Å². The Morgan fingerprint density at radius 3 is 2.86 bits per heavy atom. The predicted octanol–water partition coefficient (Wildman–Crippen LogP) is 1.38. The number of amides is 2. The van der Waals surface area contributed by atoms with Crippen molar-refractivity contribution in [3.05, 3.63) is 22.4 Å². The van der Waals surface area contributed by atoms with Crippen LogP contribution >= 0.6 is 11.3 Å². The van der Waals surface area contributed by atoms with E-state index in [2.05, 4.69) is 37.5 Å². The van der Waals surface area contributed by atoms with Crippen LogP contribution < -0.4 is 10.6 Å². The highest BCUT2D eigenvalue weighted by atomic mass is 32.1. The summed E-state index contributed by atoms with van der Waals surface area (Å²) in [5.74, 6) is -0.101. The topological polar surface area (TPSA) is 61.4 Å². The number of nitrogens with zero attached hydrogens (tertiary/aromatic N) is 1. The van der Waals surface area contributed by atoms with Gasteiger partial charge in [-0.25, -0.2) is 0 Å². The van der Waals surface area contributed by atoms with E-state index < -0.39 is 0 Å². The summed E-state index contributed by atoms with van der Waals surface area (Å²) in [6.07, 6.45) is 0. The molecule has 6 heteroatoms. The van der Waals surface area contributed by atoms with E-state index in [4.69, 9.17) is 0 Å². The molecule has 5 nitrogen and oxygen atoms in total. The highest BCUT2D eigenvalue weighted by molar-refractivity contribution is 7.10. The van der Waals surface area contributed by atoms with Crippen LogP contribution in [-0.4, -0.2) is 42.9 Å². The number of thiophene rings is 1. The van der Waals surface area contributed by atoms with Crippen molar-refractivity contribution in [3.8, 4) is 0 Å². The molecule has 0 saturated carbocycles. The van der Waals surface area contributed by atoms with Crippen LogP contribution in [0.3, 0.4) is 0 Å². The number of carbonyl (C=O) groups excluding carboxylic acids is 2. The van der Waals surface area contributed by atoms with Crippen molar-refractivity contribution >= 4 is 23.2 Å². The van der Waals surface area contributed by atoms with Crippen LogP contribution in [0.25, 0.3) is 0 Å². The Balaban J connectivity index is 1.96. The van der Waals surface area contributed by atoms with Gasteiger partial charge in [-0.05, 0) is 16.9 Å². The SMILES string of the molecule is CC(C)(C)[C@H](NCC(=O)N1CCNC(=O)C1)c1cccs1. The standard InChI is InChI=1S/C15H23N3O2S/c1-15(2,3)14(11-5-4-8-21-11)17-9-13(20)18-7-6-16-12(19)10-18/h4-5,8,14,17H,6-7,9-10H2,1-3H3,(H,16,19)/t14-/m1/s1. The lowest BCUT2D eigenvalue weighted by atomic mass is 9.86. The largest absolute Gasteiger partial charge is 0.353 e. The molecular weight excluding hydrogens is 286 g/mol. The second-order valence-corrected chi connectivity index (χ2v) is 7.34. The minimum absolute atomic E-state index is 0.0179. The summed E-state index contributed by atoms with van der Waals surface area (Å²) in [7, 11) is 0. The molecule has 0 unspecified atom stereocenters.